The molecule has 1 aliphatic heterocycles. The van der Waals surface area contributed by atoms with E-state index in [9.17, 15) is 9.59 Å². The number of nitrogens with one attached hydrogen (secondary N) is 2. The average molecular weight is 305 g/mol. The van der Waals surface area contributed by atoms with Crippen molar-refractivity contribution in [2.45, 2.75) is 32.2 Å². The zero-order valence-electron chi connectivity index (χ0n) is 12.9. The van der Waals surface area contributed by atoms with Crippen LogP contribution in [0.4, 0.5) is 4.79 Å². The third-order valence-corrected chi connectivity index (χ3v) is 4.38. The summed E-state index contributed by atoms with van der Waals surface area (Å²) in [6.45, 7) is 4.63. The van der Waals surface area contributed by atoms with Gasteiger partial charge in [-0.3, -0.25) is 9.89 Å². The van der Waals surface area contributed by atoms with Crippen molar-refractivity contribution in [3.05, 3.63) is 18.0 Å². The molecule has 7 nitrogen and oxygen atoms in total. The lowest BCUT2D eigenvalue weighted by Crippen LogP contribution is -2.43. The van der Waals surface area contributed by atoms with Crippen LogP contribution < -0.4 is 5.32 Å². The number of aromatic nitrogens is 2. The number of aromatic amines is 1. The molecular formula is C15H23N5O2. The molecule has 1 unspecified atom stereocenters. The van der Waals surface area contributed by atoms with Gasteiger partial charge in [0, 0.05) is 43.9 Å². The van der Waals surface area contributed by atoms with E-state index in [1.807, 2.05) is 11.8 Å². The van der Waals surface area contributed by atoms with E-state index in [1.54, 1.807) is 17.3 Å². The molecule has 2 fully saturated rings. The maximum Gasteiger partial charge on any atom is 0.317 e. The number of carbonyl (C=O) groups is 2. The Labute approximate surface area is 130 Å². The van der Waals surface area contributed by atoms with Gasteiger partial charge in [-0.2, -0.15) is 5.10 Å². The number of hydrogen-bond donors (Lipinski definition) is 2. The smallest absolute Gasteiger partial charge is 0.317 e. The molecule has 1 aromatic heterocycles. The minimum atomic E-state index is -0.0845. The molecule has 120 valence electrons. The van der Waals surface area contributed by atoms with Crippen LogP contribution in [0.25, 0.3) is 0 Å². The van der Waals surface area contributed by atoms with Crippen LogP contribution in [-0.2, 0) is 4.79 Å². The Kier molecular flexibility index (Phi) is 4.31. The maximum absolute atomic E-state index is 12.4. The van der Waals surface area contributed by atoms with E-state index in [4.69, 9.17) is 0 Å². The second-order valence-electron chi connectivity index (χ2n) is 6.14. The second kappa shape index (κ2) is 6.37. The van der Waals surface area contributed by atoms with E-state index in [0.29, 0.717) is 19.6 Å². The average Bonchev–Trinajstić information content (AvgIpc) is 3.27. The van der Waals surface area contributed by atoms with Crippen LogP contribution in [0.2, 0.25) is 0 Å². The topological polar surface area (TPSA) is 81.3 Å². The highest BCUT2D eigenvalue weighted by molar-refractivity contribution is 5.81. The number of carbonyl (C=O) groups excluding carboxylic acids is 2. The van der Waals surface area contributed by atoms with E-state index in [0.717, 1.165) is 31.4 Å². The molecule has 1 saturated heterocycles. The van der Waals surface area contributed by atoms with Gasteiger partial charge in [-0.15, -0.1) is 0 Å². The number of nitrogens with zero attached hydrogens (tertiary/aromatic N) is 3. The third kappa shape index (κ3) is 3.40. The van der Waals surface area contributed by atoms with Crippen LogP contribution >= 0.6 is 0 Å². The molecule has 1 aliphatic carbocycles. The Morgan fingerprint density at radius 2 is 2.00 bits per heavy atom. The molecule has 1 aromatic rings. The van der Waals surface area contributed by atoms with Crippen LogP contribution in [-0.4, -0.2) is 58.1 Å². The Hall–Kier alpha value is -2.05. The highest BCUT2D eigenvalue weighted by atomic mass is 16.2. The molecular weight excluding hydrogens is 282 g/mol. The van der Waals surface area contributed by atoms with Gasteiger partial charge in [0.05, 0.1) is 12.2 Å². The van der Waals surface area contributed by atoms with Crippen molar-refractivity contribution in [1.29, 1.82) is 0 Å². The van der Waals surface area contributed by atoms with Crippen LogP contribution in [0.5, 0.6) is 0 Å². The lowest BCUT2D eigenvalue weighted by molar-refractivity contribution is -0.132. The quantitative estimate of drug-likeness (QED) is 0.878. The Bertz CT molecular complexity index is 526. The van der Waals surface area contributed by atoms with Crippen LogP contribution in [0.15, 0.2) is 12.4 Å². The van der Waals surface area contributed by atoms with Crippen LogP contribution in [0.3, 0.4) is 0 Å². The monoisotopic (exact) mass is 305 g/mol. The lowest BCUT2D eigenvalue weighted by atomic mass is 10.2. The predicted octanol–water partition coefficient (Wildman–Crippen LogP) is 1.12. The van der Waals surface area contributed by atoms with Gasteiger partial charge in [0.25, 0.3) is 0 Å². The Morgan fingerprint density at radius 3 is 2.68 bits per heavy atom. The SMILES string of the molecule is CC(NC(=O)N1CCCN(C(=O)C2CC2)CC1)c1cn[nH]c1. The molecule has 2 N–H and O–H groups in total. The number of amides is 3. The van der Waals surface area contributed by atoms with Crippen LogP contribution in [0, 0.1) is 5.92 Å². The van der Waals surface area contributed by atoms with Crippen molar-refractivity contribution in [1.82, 2.24) is 25.3 Å². The van der Waals surface area contributed by atoms with Gasteiger partial charge in [0.1, 0.15) is 0 Å². The lowest BCUT2D eigenvalue weighted by Gasteiger charge is -2.24. The molecule has 1 atom stereocenters. The molecule has 0 aromatic carbocycles. The molecule has 2 heterocycles. The van der Waals surface area contributed by atoms with Gasteiger partial charge in [-0.25, -0.2) is 4.79 Å². The summed E-state index contributed by atoms with van der Waals surface area (Å²) in [4.78, 5) is 28.2. The van der Waals surface area contributed by atoms with Gasteiger partial charge in [0.2, 0.25) is 5.91 Å². The van der Waals surface area contributed by atoms with Crippen molar-refractivity contribution in [3.8, 4) is 0 Å². The number of urea groups is 1. The van der Waals surface area contributed by atoms with Crippen molar-refractivity contribution in [2.75, 3.05) is 26.2 Å². The highest BCUT2D eigenvalue weighted by Crippen LogP contribution is 2.31. The molecule has 0 radical (unpaired) electrons. The summed E-state index contributed by atoms with van der Waals surface area (Å²) in [7, 11) is 0. The summed E-state index contributed by atoms with van der Waals surface area (Å²) >= 11 is 0. The van der Waals surface area contributed by atoms with Gasteiger partial charge in [-0.05, 0) is 26.2 Å². The highest BCUT2D eigenvalue weighted by Gasteiger charge is 2.34. The van der Waals surface area contributed by atoms with Crippen molar-refractivity contribution in [3.63, 3.8) is 0 Å². The minimum absolute atomic E-state index is 0.0746. The first kappa shape index (κ1) is 14.9. The van der Waals surface area contributed by atoms with E-state index >= 15 is 0 Å². The number of H-pyrrole nitrogens is 1. The third-order valence-electron chi connectivity index (χ3n) is 4.38. The van der Waals surface area contributed by atoms with E-state index in [-0.39, 0.29) is 23.9 Å². The largest absolute Gasteiger partial charge is 0.341 e. The maximum atomic E-state index is 12.4. The Balaban J connectivity index is 1.51. The summed E-state index contributed by atoms with van der Waals surface area (Å²) in [5.74, 6) is 0.524. The van der Waals surface area contributed by atoms with Crippen LogP contribution in [0.1, 0.15) is 37.8 Å². The number of hydrogen-bond acceptors (Lipinski definition) is 3. The van der Waals surface area contributed by atoms with Gasteiger partial charge in [0.15, 0.2) is 0 Å². The normalized spacial score (nSPS) is 20.4. The zero-order chi connectivity index (χ0) is 15.5. The summed E-state index contributed by atoms with van der Waals surface area (Å²) in [6, 6.07) is -0.159. The fourth-order valence-electron chi connectivity index (χ4n) is 2.79. The first-order valence-electron chi connectivity index (χ1n) is 7.98. The molecule has 22 heavy (non-hydrogen) atoms. The van der Waals surface area contributed by atoms with E-state index in [2.05, 4.69) is 15.5 Å². The molecule has 2 aliphatic rings. The van der Waals surface area contributed by atoms with Crippen molar-refractivity contribution >= 4 is 11.9 Å². The van der Waals surface area contributed by atoms with E-state index < -0.39 is 0 Å². The van der Waals surface area contributed by atoms with E-state index in [1.165, 1.54) is 0 Å². The predicted molar refractivity (Wildman–Crippen MR) is 81.0 cm³/mol. The summed E-state index contributed by atoms with van der Waals surface area (Å²) in [5.41, 5.74) is 0.953. The molecule has 0 bridgehead atoms. The summed E-state index contributed by atoms with van der Waals surface area (Å²) in [6.07, 6.45) is 6.39. The zero-order valence-corrected chi connectivity index (χ0v) is 12.9. The molecule has 0 spiro atoms. The molecule has 3 rings (SSSR count). The number of rotatable bonds is 3. The summed E-state index contributed by atoms with van der Waals surface area (Å²) < 4.78 is 0. The second-order valence-corrected chi connectivity index (χ2v) is 6.14. The van der Waals surface area contributed by atoms with Gasteiger partial charge < -0.3 is 15.1 Å². The first-order valence-corrected chi connectivity index (χ1v) is 7.98. The minimum Gasteiger partial charge on any atom is -0.341 e. The molecule has 7 heteroatoms. The molecule has 3 amide bonds. The standard InChI is InChI=1S/C15H23N5O2/c1-11(13-9-16-17-10-13)18-15(22)20-6-2-5-19(7-8-20)14(21)12-3-4-12/h9-12H,2-8H2,1H3,(H,16,17)(H,18,22). The van der Waals surface area contributed by atoms with Crippen molar-refractivity contribution in [2.24, 2.45) is 5.92 Å². The summed E-state index contributed by atoms with van der Waals surface area (Å²) in [5, 5.41) is 9.63. The first-order chi connectivity index (χ1) is 10.6. The fraction of sp³-hybridized carbons (Fsp3) is 0.667. The van der Waals surface area contributed by atoms with Gasteiger partial charge in [-0.1, -0.05) is 0 Å². The van der Waals surface area contributed by atoms with Gasteiger partial charge >= 0.3 is 6.03 Å². The fourth-order valence-corrected chi connectivity index (χ4v) is 2.79. The molecule has 1 saturated carbocycles. The Morgan fingerprint density at radius 1 is 1.27 bits per heavy atom. The van der Waals surface area contributed by atoms with Crippen molar-refractivity contribution < 1.29 is 9.59 Å².